The van der Waals surface area contributed by atoms with Crippen molar-refractivity contribution in [3.63, 3.8) is 0 Å². The van der Waals surface area contributed by atoms with E-state index < -0.39 is 57.3 Å². The molecule has 5 nitrogen and oxygen atoms in total. The molecule has 0 aliphatic heterocycles. The minimum Gasteiger partial charge on any atom is -0.462 e. The number of nitrogens with zero attached hydrogens (tertiary/aromatic N) is 3. The molecule has 3 heterocycles. The van der Waals surface area contributed by atoms with E-state index in [9.17, 15) is 39.5 Å². The standard InChI is InChI=1S/C17H11F9N4OS/c1-6(32-14-29-11(15(18,19)20)3-12(27)30-14)9-2-7-8(5-31-10(7)4-28-9)13(16(21,22)23)17(24,25)26/h2-6,13H,1H3,(H2,27,29,30). The third-order valence-corrected chi connectivity index (χ3v) is 5.18. The molecule has 0 aromatic carbocycles. The van der Waals surface area contributed by atoms with Crippen molar-refractivity contribution in [3.05, 3.63) is 41.5 Å². The number of pyridine rings is 1. The summed E-state index contributed by atoms with van der Waals surface area (Å²) in [5.74, 6) is -4.26. The fourth-order valence-corrected chi connectivity index (χ4v) is 3.69. The molecular formula is C17H11F9N4OS. The number of nitrogens with two attached hydrogens (primary N) is 1. The predicted molar refractivity (Wildman–Crippen MR) is 94.6 cm³/mol. The van der Waals surface area contributed by atoms with E-state index >= 15 is 0 Å². The molecule has 1 unspecified atom stereocenters. The first-order chi connectivity index (χ1) is 14.6. The number of anilines is 1. The molecule has 0 aliphatic carbocycles. The van der Waals surface area contributed by atoms with Gasteiger partial charge in [0.25, 0.3) is 0 Å². The number of furan rings is 1. The van der Waals surface area contributed by atoms with Crippen molar-refractivity contribution in [1.29, 1.82) is 0 Å². The summed E-state index contributed by atoms with van der Waals surface area (Å²) in [6.45, 7) is 1.41. The van der Waals surface area contributed by atoms with Gasteiger partial charge in [0.15, 0.2) is 22.4 Å². The number of halogens is 9. The van der Waals surface area contributed by atoms with E-state index in [1.165, 1.54) is 6.92 Å². The van der Waals surface area contributed by atoms with Gasteiger partial charge in [-0.2, -0.15) is 39.5 Å². The lowest BCUT2D eigenvalue weighted by molar-refractivity contribution is -0.253. The first kappa shape index (κ1) is 23.9. The Labute approximate surface area is 177 Å². The first-order valence-electron chi connectivity index (χ1n) is 8.46. The van der Waals surface area contributed by atoms with Gasteiger partial charge in [-0.05, 0) is 13.0 Å². The van der Waals surface area contributed by atoms with Crippen LogP contribution in [0.4, 0.5) is 45.3 Å². The third kappa shape index (κ3) is 5.02. The van der Waals surface area contributed by atoms with Crippen molar-refractivity contribution in [2.45, 2.75) is 41.8 Å². The number of fused-ring (bicyclic) bond motifs is 1. The van der Waals surface area contributed by atoms with Gasteiger partial charge in [-0.3, -0.25) is 4.98 Å². The second-order valence-electron chi connectivity index (χ2n) is 6.53. The van der Waals surface area contributed by atoms with Crippen molar-refractivity contribution < 1.29 is 43.9 Å². The largest absolute Gasteiger partial charge is 0.462 e. The molecule has 3 rings (SSSR count). The summed E-state index contributed by atoms with van der Waals surface area (Å²) < 4.78 is 122. The Bertz CT molecular complexity index is 1110. The fraction of sp³-hybridized carbons (Fsp3) is 0.353. The van der Waals surface area contributed by atoms with Crippen LogP contribution in [0.25, 0.3) is 11.0 Å². The monoisotopic (exact) mass is 490 g/mol. The number of nitrogen functional groups attached to an aromatic ring is 1. The number of aromatic nitrogens is 3. The summed E-state index contributed by atoms with van der Waals surface area (Å²) in [6, 6.07) is 1.47. The van der Waals surface area contributed by atoms with Crippen molar-refractivity contribution in [1.82, 2.24) is 15.0 Å². The van der Waals surface area contributed by atoms with Crippen LogP contribution in [0, 0.1) is 0 Å². The van der Waals surface area contributed by atoms with Gasteiger partial charge in [0.2, 0.25) is 0 Å². The number of alkyl halides is 9. The van der Waals surface area contributed by atoms with E-state index in [-0.39, 0.29) is 11.3 Å². The summed E-state index contributed by atoms with van der Waals surface area (Å²) in [6.07, 6.45) is -14.8. The molecule has 15 heteroatoms. The average Bonchev–Trinajstić information content (AvgIpc) is 3.00. The molecule has 0 radical (unpaired) electrons. The van der Waals surface area contributed by atoms with Crippen LogP contribution >= 0.6 is 11.8 Å². The molecule has 2 N–H and O–H groups in total. The number of thioether (sulfide) groups is 1. The SMILES string of the molecule is CC(Sc1nc(N)cc(C(F)(F)F)n1)c1cc2c(C(C(F)(F)F)C(F)(F)F)coc2cn1. The molecule has 0 saturated carbocycles. The summed E-state index contributed by atoms with van der Waals surface area (Å²) in [5.41, 5.74) is 2.55. The molecule has 3 aromatic rings. The van der Waals surface area contributed by atoms with Crippen LogP contribution in [0.1, 0.15) is 35.0 Å². The lowest BCUT2D eigenvalue weighted by Crippen LogP contribution is -2.33. The van der Waals surface area contributed by atoms with E-state index in [2.05, 4.69) is 15.0 Å². The average molecular weight is 490 g/mol. The van der Waals surface area contributed by atoms with Crippen LogP contribution < -0.4 is 5.73 Å². The molecule has 0 amide bonds. The van der Waals surface area contributed by atoms with Crippen LogP contribution in [-0.4, -0.2) is 27.3 Å². The zero-order valence-electron chi connectivity index (χ0n) is 15.6. The van der Waals surface area contributed by atoms with Crippen LogP contribution in [-0.2, 0) is 6.18 Å². The topological polar surface area (TPSA) is 77.8 Å². The van der Waals surface area contributed by atoms with Crippen LogP contribution in [0.5, 0.6) is 0 Å². The van der Waals surface area contributed by atoms with Crippen LogP contribution in [0.15, 0.2) is 34.2 Å². The van der Waals surface area contributed by atoms with Crippen LogP contribution in [0.3, 0.4) is 0 Å². The van der Waals surface area contributed by atoms with Gasteiger partial charge in [0.1, 0.15) is 5.82 Å². The molecule has 32 heavy (non-hydrogen) atoms. The first-order valence-corrected chi connectivity index (χ1v) is 9.34. The highest BCUT2D eigenvalue weighted by molar-refractivity contribution is 7.99. The summed E-state index contributed by atoms with van der Waals surface area (Å²) in [5, 5.41) is -1.74. The van der Waals surface area contributed by atoms with Crippen molar-refractivity contribution >= 4 is 28.5 Å². The Morgan fingerprint density at radius 2 is 1.59 bits per heavy atom. The van der Waals surface area contributed by atoms with Crippen molar-refractivity contribution in [3.8, 4) is 0 Å². The Morgan fingerprint density at radius 1 is 0.969 bits per heavy atom. The highest BCUT2D eigenvalue weighted by Crippen LogP contribution is 2.49. The maximum absolute atomic E-state index is 13.1. The maximum atomic E-state index is 13.1. The molecule has 0 aliphatic rings. The van der Waals surface area contributed by atoms with E-state index in [1.54, 1.807) is 0 Å². The van der Waals surface area contributed by atoms with E-state index in [1.807, 2.05) is 0 Å². The zero-order chi connectivity index (χ0) is 24.1. The summed E-state index contributed by atoms with van der Waals surface area (Å²) >= 11 is 0.638. The summed E-state index contributed by atoms with van der Waals surface area (Å²) in [4.78, 5) is 10.9. The minimum absolute atomic E-state index is 0.0344. The van der Waals surface area contributed by atoms with Gasteiger partial charge < -0.3 is 10.2 Å². The minimum atomic E-state index is -5.64. The molecule has 0 spiro atoms. The molecule has 0 fully saturated rings. The quantitative estimate of drug-likeness (QED) is 0.264. The molecule has 0 saturated heterocycles. The molecule has 1 atom stereocenters. The van der Waals surface area contributed by atoms with Gasteiger partial charge in [-0.25, -0.2) is 9.97 Å². The lowest BCUT2D eigenvalue weighted by Gasteiger charge is -2.22. The fourth-order valence-electron chi connectivity index (χ4n) is 2.81. The molecular weight excluding hydrogens is 479 g/mol. The zero-order valence-corrected chi connectivity index (χ0v) is 16.4. The van der Waals surface area contributed by atoms with E-state index in [0.717, 1.165) is 12.3 Å². The molecule has 3 aromatic heterocycles. The Hall–Kier alpha value is -2.71. The van der Waals surface area contributed by atoms with E-state index in [0.29, 0.717) is 24.1 Å². The Morgan fingerprint density at radius 3 is 2.16 bits per heavy atom. The highest BCUT2D eigenvalue weighted by atomic mass is 32.2. The molecule has 174 valence electrons. The van der Waals surface area contributed by atoms with Crippen LogP contribution in [0.2, 0.25) is 0 Å². The summed E-state index contributed by atoms with van der Waals surface area (Å²) in [7, 11) is 0. The van der Waals surface area contributed by atoms with Crippen molar-refractivity contribution in [2.75, 3.05) is 5.73 Å². The predicted octanol–water partition coefficient (Wildman–Crippen LogP) is 6.28. The van der Waals surface area contributed by atoms with Gasteiger partial charge in [-0.1, -0.05) is 11.8 Å². The number of rotatable bonds is 4. The maximum Gasteiger partial charge on any atom is 0.433 e. The number of hydrogen-bond acceptors (Lipinski definition) is 6. The second kappa shape index (κ2) is 8.01. The smallest absolute Gasteiger partial charge is 0.433 e. The highest BCUT2D eigenvalue weighted by Gasteiger charge is 2.58. The number of hydrogen-bond donors (Lipinski definition) is 1. The Balaban J connectivity index is 1.99. The normalized spacial score (nSPS) is 14.3. The second-order valence-corrected chi connectivity index (χ2v) is 7.84. The molecule has 0 bridgehead atoms. The Kier molecular flexibility index (Phi) is 5.99. The third-order valence-electron chi connectivity index (χ3n) is 4.19. The van der Waals surface area contributed by atoms with Gasteiger partial charge in [0.05, 0.1) is 23.4 Å². The van der Waals surface area contributed by atoms with Gasteiger partial charge in [0, 0.05) is 17.0 Å². The van der Waals surface area contributed by atoms with Gasteiger partial charge >= 0.3 is 18.5 Å². The van der Waals surface area contributed by atoms with Gasteiger partial charge in [-0.15, -0.1) is 0 Å². The lowest BCUT2D eigenvalue weighted by atomic mass is 9.97. The van der Waals surface area contributed by atoms with Crippen molar-refractivity contribution in [2.24, 2.45) is 0 Å². The van der Waals surface area contributed by atoms with E-state index in [4.69, 9.17) is 10.2 Å².